The minimum absolute atomic E-state index is 0.245. The number of guanidine groups is 1. The molecule has 0 saturated carbocycles. The normalized spacial score (nSPS) is 12.7. The van der Waals surface area contributed by atoms with Crippen LogP contribution in [-0.4, -0.2) is 31.3 Å². The van der Waals surface area contributed by atoms with Gasteiger partial charge in [0.25, 0.3) is 0 Å². The third-order valence-corrected chi connectivity index (χ3v) is 1.83. The molecule has 0 bridgehead atoms. The molecule has 90 valence electrons. The van der Waals surface area contributed by atoms with Gasteiger partial charge < -0.3 is 10.1 Å². The minimum Gasteiger partial charge on any atom is -0.374 e. The summed E-state index contributed by atoms with van der Waals surface area (Å²) in [6.45, 7) is 10.2. The zero-order valence-electron chi connectivity index (χ0n) is 10.3. The first-order valence-corrected chi connectivity index (χ1v) is 5.44. The molecule has 0 atom stereocenters. The lowest BCUT2D eigenvalue weighted by atomic mass is 10.1. The second kappa shape index (κ2) is 7.48. The van der Waals surface area contributed by atoms with Crippen molar-refractivity contribution in [3.05, 3.63) is 0 Å². The van der Waals surface area contributed by atoms with Crippen LogP contribution in [0.3, 0.4) is 0 Å². The first-order chi connectivity index (χ1) is 7.05. The van der Waals surface area contributed by atoms with E-state index in [1.807, 2.05) is 20.8 Å². The molecule has 0 fully saturated rings. The molecule has 0 spiro atoms. The summed E-state index contributed by atoms with van der Waals surface area (Å²) >= 11 is 0. The van der Waals surface area contributed by atoms with Crippen molar-refractivity contribution in [3.8, 4) is 0 Å². The Bertz CT molecular complexity index is 192. The number of nitrogens with one attached hydrogen (secondary N) is 2. The third-order valence-electron chi connectivity index (χ3n) is 1.83. The Labute approximate surface area is 92.4 Å². The van der Waals surface area contributed by atoms with Gasteiger partial charge in [0.05, 0.1) is 12.1 Å². The van der Waals surface area contributed by atoms with E-state index in [2.05, 4.69) is 22.7 Å². The van der Waals surface area contributed by atoms with E-state index >= 15 is 0 Å². The van der Waals surface area contributed by atoms with Gasteiger partial charge >= 0.3 is 0 Å². The van der Waals surface area contributed by atoms with Gasteiger partial charge in [-0.15, -0.1) is 0 Å². The van der Waals surface area contributed by atoms with E-state index in [9.17, 15) is 0 Å². The lowest BCUT2D eigenvalue weighted by Gasteiger charge is -2.22. The smallest absolute Gasteiger partial charge is 0.205 e. The summed E-state index contributed by atoms with van der Waals surface area (Å²) in [6, 6.07) is 0. The molecule has 0 aliphatic heterocycles. The number of aliphatic imine (C=N–C) groups is 1. The van der Waals surface area contributed by atoms with Crippen LogP contribution in [0, 0.1) is 0 Å². The molecule has 0 aliphatic rings. The Balaban J connectivity index is 4.08. The van der Waals surface area contributed by atoms with Crippen molar-refractivity contribution in [3.63, 3.8) is 0 Å². The Morgan fingerprint density at radius 1 is 1.40 bits per heavy atom. The molecule has 0 heterocycles. The van der Waals surface area contributed by atoms with E-state index < -0.39 is 0 Å². The summed E-state index contributed by atoms with van der Waals surface area (Å²) < 4.78 is 5.53. The van der Waals surface area contributed by atoms with Crippen molar-refractivity contribution in [2.45, 2.75) is 39.7 Å². The van der Waals surface area contributed by atoms with Crippen LogP contribution in [0.15, 0.2) is 4.99 Å². The average molecular weight is 216 g/mol. The lowest BCUT2D eigenvalue weighted by Crippen LogP contribution is -2.43. The number of hydrogen-bond acceptors (Lipinski definition) is 3. The number of hydrazine groups is 1. The van der Waals surface area contributed by atoms with Crippen LogP contribution in [0.2, 0.25) is 0 Å². The fourth-order valence-electron chi connectivity index (χ4n) is 1.10. The standard InChI is InChI=1S/C10H24N4O/c1-5-7-12-9(14-11)13-8-10(3,4)15-6-2/h5-8,11H2,1-4H3,(H2,12,13,14). The molecule has 0 aromatic rings. The predicted molar refractivity (Wildman–Crippen MR) is 63.6 cm³/mol. The van der Waals surface area contributed by atoms with Crippen LogP contribution in [0.4, 0.5) is 0 Å². The largest absolute Gasteiger partial charge is 0.374 e. The van der Waals surface area contributed by atoms with E-state index in [0.717, 1.165) is 13.0 Å². The van der Waals surface area contributed by atoms with E-state index in [4.69, 9.17) is 10.6 Å². The zero-order chi connectivity index (χ0) is 11.7. The zero-order valence-corrected chi connectivity index (χ0v) is 10.3. The van der Waals surface area contributed by atoms with Crippen molar-refractivity contribution in [2.75, 3.05) is 19.7 Å². The molecule has 4 N–H and O–H groups in total. The maximum absolute atomic E-state index is 5.53. The summed E-state index contributed by atoms with van der Waals surface area (Å²) in [7, 11) is 0. The van der Waals surface area contributed by atoms with Gasteiger partial charge in [-0.2, -0.15) is 0 Å². The molecule has 0 aromatic carbocycles. The van der Waals surface area contributed by atoms with Crippen LogP contribution in [0.1, 0.15) is 34.1 Å². The molecule has 0 rings (SSSR count). The molecule has 5 heteroatoms. The third kappa shape index (κ3) is 7.16. The van der Waals surface area contributed by atoms with Gasteiger partial charge in [0.2, 0.25) is 5.96 Å². The van der Waals surface area contributed by atoms with Crippen LogP contribution >= 0.6 is 0 Å². The van der Waals surface area contributed by atoms with Crippen molar-refractivity contribution >= 4 is 5.96 Å². The molecular formula is C10H24N4O. The van der Waals surface area contributed by atoms with Gasteiger partial charge in [0.1, 0.15) is 0 Å². The number of nitrogens with zero attached hydrogens (tertiary/aromatic N) is 1. The van der Waals surface area contributed by atoms with E-state index in [1.54, 1.807) is 0 Å². The molecule has 0 radical (unpaired) electrons. The maximum atomic E-state index is 5.53. The van der Waals surface area contributed by atoms with Crippen LogP contribution in [0.5, 0.6) is 0 Å². The highest BCUT2D eigenvalue weighted by Crippen LogP contribution is 2.08. The first kappa shape index (κ1) is 14.2. The van der Waals surface area contributed by atoms with Gasteiger partial charge in [-0.1, -0.05) is 6.92 Å². The number of hydrogen-bond donors (Lipinski definition) is 3. The van der Waals surface area contributed by atoms with Crippen molar-refractivity contribution in [2.24, 2.45) is 10.8 Å². The van der Waals surface area contributed by atoms with Gasteiger partial charge in [0, 0.05) is 13.2 Å². The monoisotopic (exact) mass is 216 g/mol. The predicted octanol–water partition coefficient (Wildman–Crippen LogP) is 0.620. The minimum atomic E-state index is -0.245. The summed E-state index contributed by atoms with van der Waals surface area (Å²) in [5.41, 5.74) is 2.29. The van der Waals surface area contributed by atoms with Gasteiger partial charge in [-0.3, -0.25) is 5.43 Å². The van der Waals surface area contributed by atoms with Gasteiger partial charge in [0.15, 0.2) is 0 Å². The van der Waals surface area contributed by atoms with Crippen LogP contribution in [-0.2, 0) is 4.74 Å². The highest BCUT2D eigenvalue weighted by Gasteiger charge is 2.16. The van der Waals surface area contributed by atoms with E-state index in [1.165, 1.54) is 0 Å². The maximum Gasteiger partial charge on any atom is 0.205 e. The number of ether oxygens (including phenoxy) is 1. The fourth-order valence-corrected chi connectivity index (χ4v) is 1.10. The molecule has 0 unspecified atom stereocenters. The lowest BCUT2D eigenvalue weighted by molar-refractivity contribution is -0.00218. The topological polar surface area (TPSA) is 71.7 Å². The SMILES string of the molecule is CCCNC(=NCC(C)(C)OCC)NN. The van der Waals surface area contributed by atoms with Crippen molar-refractivity contribution in [1.82, 2.24) is 10.7 Å². The summed E-state index contributed by atoms with van der Waals surface area (Å²) in [4.78, 5) is 4.31. The Kier molecular flexibility index (Phi) is 7.07. The number of rotatable bonds is 6. The molecular weight excluding hydrogens is 192 g/mol. The van der Waals surface area contributed by atoms with Crippen LogP contribution in [0.25, 0.3) is 0 Å². The van der Waals surface area contributed by atoms with Gasteiger partial charge in [-0.25, -0.2) is 10.8 Å². The molecule has 5 nitrogen and oxygen atoms in total. The van der Waals surface area contributed by atoms with Gasteiger partial charge in [-0.05, 0) is 27.2 Å². The average Bonchev–Trinajstić information content (AvgIpc) is 2.18. The number of nitrogens with two attached hydrogens (primary N) is 1. The van der Waals surface area contributed by atoms with E-state index in [0.29, 0.717) is 19.1 Å². The summed E-state index contributed by atoms with van der Waals surface area (Å²) in [5.74, 6) is 5.95. The summed E-state index contributed by atoms with van der Waals surface area (Å²) in [6.07, 6.45) is 1.04. The Hall–Kier alpha value is -0.810. The fraction of sp³-hybridized carbons (Fsp3) is 0.900. The molecule has 0 saturated heterocycles. The van der Waals surface area contributed by atoms with E-state index in [-0.39, 0.29) is 5.60 Å². The molecule has 0 amide bonds. The van der Waals surface area contributed by atoms with Crippen molar-refractivity contribution in [1.29, 1.82) is 0 Å². The first-order valence-electron chi connectivity index (χ1n) is 5.44. The summed E-state index contributed by atoms with van der Waals surface area (Å²) in [5, 5.41) is 3.09. The highest BCUT2D eigenvalue weighted by atomic mass is 16.5. The Morgan fingerprint density at radius 3 is 2.53 bits per heavy atom. The molecule has 0 aliphatic carbocycles. The Morgan fingerprint density at radius 2 is 2.07 bits per heavy atom. The second-order valence-corrected chi connectivity index (χ2v) is 3.93. The van der Waals surface area contributed by atoms with Crippen molar-refractivity contribution < 1.29 is 4.74 Å². The van der Waals surface area contributed by atoms with Crippen LogP contribution < -0.4 is 16.6 Å². The molecule has 0 aromatic heterocycles. The second-order valence-electron chi connectivity index (χ2n) is 3.93. The highest BCUT2D eigenvalue weighted by molar-refractivity contribution is 5.79. The quantitative estimate of drug-likeness (QED) is 0.263. The molecule has 15 heavy (non-hydrogen) atoms.